The Hall–Kier alpha value is -1.83. The van der Waals surface area contributed by atoms with Crippen LogP contribution >= 0.6 is 0 Å². The predicted octanol–water partition coefficient (Wildman–Crippen LogP) is 5.91. The van der Waals surface area contributed by atoms with Gasteiger partial charge < -0.3 is 4.43 Å². The maximum Gasteiger partial charge on any atom is 0.416 e. The van der Waals surface area contributed by atoms with E-state index in [0.29, 0.717) is 5.75 Å². The highest BCUT2D eigenvalue weighted by Gasteiger charge is 2.47. The van der Waals surface area contributed by atoms with Gasteiger partial charge in [0.25, 0.3) is 8.32 Å². The van der Waals surface area contributed by atoms with E-state index < -0.39 is 20.1 Å². The first-order chi connectivity index (χ1) is 13.3. The summed E-state index contributed by atoms with van der Waals surface area (Å²) in [6.45, 7) is 12.3. The molecule has 0 N–H and O–H groups in total. The predicted molar refractivity (Wildman–Crippen MR) is 108 cm³/mol. The molecule has 0 atom stereocenters. The smallest absolute Gasteiger partial charge is 0.416 e. The Morgan fingerprint density at radius 3 is 1.86 bits per heavy atom. The summed E-state index contributed by atoms with van der Waals surface area (Å²) in [5.41, 5.74) is 0.0974. The fourth-order valence-electron chi connectivity index (χ4n) is 4.49. The second kappa shape index (κ2) is 8.50. The Bertz CT molecular complexity index is 737. The van der Waals surface area contributed by atoms with Crippen LogP contribution in [-0.4, -0.2) is 25.0 Å². The lowest BCUT2D eigenvalue weighted by atomic mass is 10.1. The molecule has 4 nitrogen and oxygen atoms in total. The van der Waals surface area contributed by atoms with E-state index in [2.05, 4.69) is 41.5 Å². The van der Waals surface area contributed by atoms with Crippen molar-refractivity contribution in [1.29, 1.82) is 0 Å². The molecule has 1 saturated heterocycles. The molecule has 0 bridgehead atoms. The minimum absolute atomic E-state index is 0.0939. The van der Waals surface area contributed by atoms with Crippen molar-refractivity contribution in [1.82, 2.24) is 4.90 Å². The van der Waals surface area contributed by atoms with Gasteiger partial charge in [-0.25, -0.2) is 0 Å². The van der Waals surface area contributed by atoms with Gasteiger partial charge >= 0.3 is 6.18 Å². The number of nitrogens with zero attached hydrogens (tertiary/aromatic N) is 1. The molecule has 0 aliphatic carbocycles. The van der Waals surface area contributed by atoms with Crippen molar-refractivity contribution < 1.29 is 27.2 Å². The molecule has 162 valence electrons. The number of imide groups is 1. The summed E-state index contributed by atoms with van der Waals surface area (Å²) in [4.78, 5) is 25.1. The first kappa shape index (κ1) is 23.4. The zero-order valence-electron chi connectivity index (χ0n) is 17.9. The van der Waals surface area contributed by atoms with Crippen LogP contribution in [0.25, 0.3) is 0 Å². The van der Waals surface area contributed by atoms with E-state index >= 15 is 0 Å². The number of amides is 2. The summed E-state index contributed by atoms with van der Waals surface area (Å²) in [5.74, 6) is -0.384. The quantitative estimate of drug-likeness (QED) is 0.400. The molecule has 1 aliphatic rings. The number of carbonyl (C=O) groups is 2. The monoisotopic (exact) mass is 429 g/mol. The van der Waals surface area contributed by atoms with Gasteiger partial charge in [0.2, 0.25) is 11.8 Å². The Balaban J connectivity index is 2.55. The number of hydrogen-bond donors (Lipinski definition) is 0. The molecule has 2 rings (SSSR count). The van der Waals surface area contributed by atoms with Crippen LogP contribution in [0.4, 0.5) is 13.2 Å². The van der Waals surface area contributed by atoms with Gasteiger partial charge in [0, 0.05) is 18.4 Å². The Kier molecular flexibility index (Phi) is 6.87. The van der Waals surface area contributed by atoms with Crippen LogP contribution in [0.5, 0.6) is 5.75 Å². The van der Waals surface area contributed by atoms with E-state index in [9.17, 15) is 22.8 Å². The molecule has 1 aliphatic heterocycles. The number of rotatable bonds is 7. The zero-order chi connectivity index (χ0) is 22.1. The molecular weight excluding hydrogens is 399 g/mol. The van der Waals surface area contributed by atoms with Crippen LogP contribution in [0, 0.1) is 0 Å². The lowest BCUT2D eigenvalue weighted by molar-refractivity contribution is -0.139. The van der Waals surface area contributed by atoms with Crippen molar-refractivity contribution in [3.05, 3.63) is 29.3 Å². The molecule has 1 aromatic carbocycles. The average Bonchev–Trinajstić information content (AvgIpc) is 2.90. The first-order valence-electron chi connectivity index (χ1n) is 10.0. The van der Waals surface area contributed by atoms with Gasteiger partial charge in [-0.05, 0) is 34.8 Å². The number of hydrogen-bond acceptors (Lipinski definition) is 3. The van der Waals surface area contributed by atoms with Crippen molar-refractivity contribution in [3.63, 3.8) is 0 Å². The standard InChI is InChI=1S/C21H30F3NO3Si/c1-13(2)29(14(3)4,15(5)6)28-18-8-7-17(21(22,23)24)11-16(18)12-25-19(26)9-10-20(25)27/h7-8,11,13-15H,9-10,12H2,1-6H3. The molecule has 0 saturated carbocycles. The number of halogens is 3. The van der Waals surface area contributed by atoms with E-state index in [0.717, 1.165) is 17.0 Å². The number of alkyl halides is 3. The summed E-state index contributed by atoms with van der Waals surface area (Å²) >= 11 is 0. The molecule has 0 radical (unpaired) electrons. The van der Waals surface area contributed by atoms with Crippen LogP contribution in [0.3, 0.4) is 0 Å². The molecule has 29 heavy (non-hydrogen) atoms. The van der Waals surface area contributed by atoms with Crippen molar-refractivity contribution in [2.24, 2.45) is 0 Å². The lowest BCUT2D eigenvalue weighted by Gasteiger charge is -2.42. The summed E-state index contributed by atoms with van der Waals surface area (Å²) in [6, 6.07) is 3.36. The third-order valence-electron chi connectivity index (χ3n) is 5.86. The van der Waals surface area contributed by atoms with E-state index in [-0.39, 0.29) is 53.4 Å². The van der Waals surface area contributed by atoms with Crippen LogP contribution in [-0.2, 0) is 22.3 Å². The third-order valence-corrected chi connectivity index (χ3v) is 11.9. The topological polar surface area (TPSA) is 46.6 Å². The van der Waals surface area contributed by atoms with Crippen molar-refractivity contribution in [2.75, 3.05) is 0 Å². The highest BCUT2D eigenvalue weighted by Crippen LogP contribution is 2.44. The van der Waals surface area contributed by atoms with Gasteiger partial charge in [0.1, 0.15) is 5.75 Å². The summed E-state index contributed by atoms with van der Waals surface area (Å²) < 4.78 is 46.5. The average molecular weight is 430 g/mol. The minimum atomic E-state index is -4.52. The largest absolute Gasteiger partial charge is 0.542 e. The van der Waals surface area contributed by atoms with Gasteiger partial charge in [-0.2, -0.15) is 13.2 Å². The summed E-state index contributed by atoms with van der Waals surface area (Å²) in [6.07, 6.45) is -4.33. The van der Waals surface area contributed by atoms with Crippen LogP contribution in [0.2, 0.25) is 16.6 Å². The van der Waals surface area contributed by atoms with Crippen LogP contribution < -0.4 is 4.43 Å². The van der Waals surface area contributed by atoms with Crippen LogP contribution in [0.15, 0.2) is 18.2 Å². The van der Waals surface area contributed by atoms with Crippen molar-refractivity contribution in [2.45, 2.75) is 83.7 Å². The Morgan fingerprint density at radius 1 is 0.966 bits per heavy atom. The second-order valence-corrected chi connectivity index (χ2v) is 14.0. The number of carbonyl (C=O) groups excluding carboxylic acids is 2. The van der Waals surface area contributed by atoms with Crippen LogP contribution in [0.1, 0.15) is 65.5 Å². The zero-order valence-corrected chi connectivity index (χ0v) is 18.9. The van der Waals surface area contributed by atoms with Gasteiger partial charge in [0.15, 0.2) is 0 Å². The molecule has 0 unspecified atom stereocenters. The fourth-order valence-corrected chi connectivity index (χ4v) is 9.78. The molecule has 1 fully saturated rings. The fraction of sp³-hybridized carbons (Fsp3) is 0.619. The van der Waals surface area contributed by atoms with Crippen molar-refractivity contribution >= 4 is 20.1 Å². The highest BCUT2D eigenvalue weighted by atomic mass is 28.4. The normalized spacial score (nSPS) is 15.9. The SMILES string of the molecule is CC(C)[Si](Oc1ccc(C(F)(F)F)cc1CN1C(=O)CCC1=O)(C(C)C)C(C)C. The maximum absolute atomic E-state index is 13.3. The first-order valence-corrected chi connectivity index (χ1v) is 12.2. The number of likely N-dealkylation sites (tertiary alicyclic amines) is 1. The molecule has 2 amide bonds. The third kappa shape index (κ3) is 4.68. The molecule has 1 heterocycles. The van der Waals surface area contributed by atoms with E-state index in [4.69, 9.17) is 4.43 Å². The molecule has 0 spiro atoms. The minimum Gasteiger partial charge on any atom is -0.542 e. The second-order valence-electron chi connectivity index (χ2n) is 8.61. The van der Waals surface area contributed by atoms with Gasteiger partial charge in [-0.15, -0.1) is 0 Å². The van der Waals surface area contributed by atoms with Gasteiger partial charge in [0.05, 0.1) is 12.1 Å². The van der Waals surface area contributed by atoms with Gasteiger partial charge in [-0.3, -0.25) is 14.5 Å². The van der Waals surface area contributed by atoms with Gasteiger partial charge in [-0.1, -0.05) is 41.5 Å². The van der Waals surface area contributed by atoms with E-state index in [1.165, 1.54) is 6.07 Å². The molecule has 1 aromatic rings. The Labute approximate surface area is 171 Å². The summed E-state index contributed by atoms with van der Waals surface area (Å²) in [7, 11) is -2.42. The lowest BCUT2D eigenvalue weighted by Crippen LogP contribution is -2.51. The maximum atomic E-state index is 13.3. The Morgan fingerprint density at radius 2 is 1.45 bits per heavy atom. The van der Waals surface area contributed by atoms with E-state index in [1.807, 2.05) is 0 Å². The molecular formula is C21H30F3NO3Si. The summed E-state index contributed by atoms with van der Waals surface area (Å²) in [5, 5.41) is 0. The molecule has 8 heteroatoms. The molecule has 0 aromatic heterocycles. The van der Waals surface area contributed by atoms with E-state index in [1.54, 1.807) is 0 Å². The number of benzene rings is 1. The highest BCUT2D eigenvalue weighted by molar-refractivity contribution is 6.78. The van der Waals surface area contributed by atoms with Crippen molar-refractivity contribution in [3.8, 4) is 5.75 Å².